The van der Waals surface area contributed by atoms with E-state index in [2.05, 4.69) is 27.5 Å². The molecule has 0 aromatic heterocycles. The number of halogens is 1. The molecular formula is C14H19IO4. The maximum absolute atomic E-state index is 11.4. The van der Waals surface area contributed by atoms with Crippen LogP contribution in [0.4, 0.5) is 0 Å². The quantitative estimate of drug-likeness (QED) is 0.414. The van der Waals surface area contributed by atoms with Crippen LogP contribution < -0.4 is 4.74 Å². The Morgan fingerprint density at radius 1 is 1.37 bits per heavy atom. The molecule has 0 bridgehead atoms. The van der Waals surface area contributed by atoms with Gasteiger partial charge >= 0.3 is 5.97 Å². The van der Waals surface area contributed by atoms with Gasteiger partial charge in [0.25, 0.3) is 0 Å². The molecule has 4 nitrogen and oxygen atoms in total. The predicted octanol–water partition coefficient (Wildman–Crippen LogP) is 3.51. The van der Waals surface area contributed by atoms with Crippen LogP contribution in [0.1, 0.15) is 32.8 Å². The predicted molar refractivity (Wildman–Crippen MR) is 81.0 cm³/mol. The van der Waals surface area contributed by atoms with E-state index in [-0.39, 0.29) is 12.1 Å². The highest BCUT2D eigenvalue weighted by atomic mass is 127. The second-order valence-electron chi connectivity index (χ2n) is 4.30. The van der Waals surface area contributed by atoms with Crippen LogP contribution in [0.25, 0.3) is 0 Å². The zero-order chi connectivity index (χ0) is 14.3. The summed E-state index contributed by atoms with van der Waals surface area (Å²) in [5, 5.41) is 0. The van der Waals surface area contributed by atoms with E-state index < -0.39 is 0 Å². The Morgan fingerprint density at radius 2 is 2.11 bits per heavy atom. The number of carbonyl (C=O) groups excluding carboxylic acids is 1. The molecule has 1 rings (SSSR count). The van der Waals surface area contributed by atoms with Crippen LogP contribution in [0.3, 0.4) is 0 Å². The highest BCUT2D eigenvalue weighted by Gasteiger charge is 2.08. The van der Waals surface area contributed by atoms with Crippen molar-refractivity contribution in [2.75, 3.05) is 6.61 Å². The fourth-order valence-electron chi connectivity index (χ4n) is 1.41. The van der Waals surface area contributed by atoms with Gasteiger partial charge < -0.3 is 4.74 Å². The Labute approximate surface area is 127 Å². The highest BCUT2D eigenvalue weighted by molar-refractivity contribution is 14.1. The Balaban J connectivity index is 2.45. The molecule has 0 amide bonds. The second kappa shape index (κ2) is 8.37. The first kappa shape index (κ1) is 16.2. The van der Waals surface area contributed by atoms with Crippen molar-refractivity contribution >= 4 is 28.6 Å². The summed E-state index contributed by atoms with van der Waals surface area (Å²) in [7, 11) is 0. The lowest BCUT2D eigenvalue weighted by molar-refractivity contribution is -0.291. The van der Waals surface area contributed by atoms with Gasteiger partial charge in [0.05, 0.1) is 22.7 Å². The van der Waals surface area contributed by atoms with Crippen LogP contribution >= 0.6 is 22.6 Å². The van der Waals surface area contributed by atoms with Gasteiger partial charge in [0, 0.05) is 0 Å². The van der Waals surface area contributed by atoms with Crippen molar-refractivity contribution in [3.05, 3.63) is 27.3 Å². The number of aryl methyl sites for hydroxylation is 1. The first-order chi connectivity index (χ1) is 9.02. The summed E-state index contributed by atoms with van der Waals surface area (Å²) in [5.41, 5.74) is 1.08. The van der Waals surface area contributed by atoms with Gasteiger partial charge in [-0.2, -0.15) is 4.89 Å². The fourth-order valence-corrected chi connectivity index (χ4v) is 2.15. The van der Waals surface area contributed by atoms with Gasteiger partial charge in [-0.3, -0.25) is 4.89 Å². The minimum absolute atomic E-state index is 0.115. The van der Waals surface area contributed by atoms with Crippen molar-refractivity contribution in [1.29, 1.82) is 0 Å². The number of rotatable bonds is 7. The summed E-state index contributed by atoms with van der Waals surface area (Å²) in [6, 6.07) is 5.91. The smallest absolute Gasteiger partial charge is 0.342 e. The van der Waals surface area contributed by atoms with E-state index >= 15 is 0 Å². The average molecular weight is 378 g/mol. The summed E-state index contributed by atoms with van der Waals surface area (Å²) < 4.78 is 6.51. The summed E-state index contributed by atoms with van der Waals surface area (Å²) >= 11 is 2.23. The highest BCUT2D eigenvalue weighted by Crippen LogP contribution is 2.22. The van der Waals surface area contributed by atoms with Crippen LogP contribution in [0, 0.1) is 3.57 Å². The second-order valence-corrected chi connectivity index (χ2v) is 5.46. The minimum Gasteiger partial charge on any atom is -0.493 e. The summed E-state index contributed by atoms with van der Waals surface area (Å²) in [4.78, 5) is 20.8. The molecule has 0 radical (unpaired) electrons. The lowest BCUT2D eigenvalue weighted by Crippen LogP contribution is -2.11. The molecule has 0 atom stereocenters. The molecule has 0 aliphatic heterocycles. The van der Waals surface area contributed by atoms with E-state index in [0.29, 0.717) is 19.4 Å². The Kier molecular flexibility index (Phi) is 7.15. The molecular weight excluding hydrogens is 359 g/mol. The van der Waals surface area contributed by atoms with Crippen molar-refractivity contribution in [2.24, 2.45) is 0 Å². The number of benzene rings is 1. The third kappa shape index (κ3) is 6.24. The van der Waals surface area contributed by atoms with Crippen molar-refractivity contribution in [3.8, 4) is 5.75 Å². The van der Waals surface area contributed by atoms with Gasteiger partial charge in [-0.15, -0.1) is 0 Å². The van der Waals surface area contributed by atoms with Crippen LogP contribution in [0.5, 0.6) is 5.75 Å². The van der Waals surface area contributed by atoms with E-state index in [1.54, 1.807) is 0 Å². The first-order valence-electron chi connectivity index (χ1n) is 6.30. The maximum Gasteiger partial charge on any atom is 0.342 e. The zero-order valence-electron chi connectivity index (χ0n) is 11.4. The molecule has 0 unspecified atom stereocenters. The van der Waals surface area contributed by atoms with Crippen LogP contribution in [0.15, 0.2) is 18.2 Å². The van der Waals surface area contributed by atoms with Crippen molar-refractivity contribution in [3.63, 3.8) is 0 Å². The molecule has 19 heavy (non-hydrogen) atoms. The molecule has 0 saturated carbocycles. The van der Waals surface area contributed by atoms with Crippen molar-refractivity contribution in [1.82, 2.24) is 0 Å². The fraction of sp³-hybridized carbons (Fsp3) is 0.500. The molecule has 1 aromatic rings. The van der Waals surface area contributed by atoms with E-state index in [1.165, 1.54) is 0 Å². The normalized spacial score (nSPS) is 10.6. The van der Waals surface area contributed by atoms with Gasteiger partial charge in [-0.1, -0.05) is 6.07 Å². The van der Waals surface area contributed by atoms with Gasteiger partial charge in [0.2, 0.25) is 0 Å². The molecule has 0 saturated heterocycles. The van der Waals surface area contributed by atoms with Crippen LogP contribution in [-0.2, 0) is 21.0 Å². The van der Waals surface area contributed by atoms with Gasteiger partial charge in [0.15, 0.2) is 0 Å². The van der Waals surface area contributed by atoms with Crippen LogP contribution in [-0.4, -0.2) is 18.7 Å². The SMILES string of the molecule is CCOc1ccc(CCC(=O)OOC(C)C)cc1I. The minimum atomic E-state index is -0.349. The Bertz CT molecular complexity index is 418. The van der Waals surface area contributed by atoms with Gasteiger partial charge in [0.1, 0.15) is 5.75 Å². The summed E-state index contributed by atoms with van der Waals surface area (Å²) in [5.74, 6) is 0.523. The van der Waals surface area contributed by atoms with Crippen LogP contribution in [0.2, 0.25) is 0 Å². The monoisotopic (exact) mass is 378 g/mol. The number of ether oxygens (including phenoxy) is 1. The van der Waals surface area contributed by atoms with E-state index in [0.717, 1.165) is 14.9 Å². The lowest BCUT2D eigenvalue weighted by Gasteiger charge is -2.08. The van der Waals surface area contributed by atoms with Gasteiger partial charge in [-0.25, -0.2) is 4.79 Å². The molecule has 0 fully saturated rings. The van der Waals surface area contributed by atoms with E-state index in [9.17, 15) is 4.79 Å². The average Bonchev–Trinajstić information content (AvgIpc) is 2.37. The molecule has 0 spiro atoms. The summed E-state index contributed by atoms with van der Waals surface area (Å²) in [6.45, 7) is 6.22. The summed E-state index contributed by atoms with van der Waals surface area (Å²) in [6.07, 6.45) is 0.815. The van der Waals surface area contributed by atoms with Crippen molar-refractivity contribution in [2.45, 2.75) is 39.7 Å². The number of hydrogen-bond donors (Lipinski definition) is 0. The Hall–Kier alpha value is -0.820. The Morgan fingerprint density at radius 3 is 2.68 bits per heavy atom. The molecule has 1 aromatic carbocycles. The zero-order valence-corrected chi connectivity index (χ0v) is 13.6. The molecule has 0 N–H and O–H groups in total. The number of carbonyl (C=O) groups is 1. The van der Waals surface area contributed by atoms with E-state index in [4.69, 9.17) is 9.62 Å². The first-order valence-corrected chi connectivity index (χ1v) is 7.38. The lowest BCUT2D eigenvalue weighted by atomic mass is 10.1. The third-order valence-corrected chi connectivity index (χ3v) is 3.09. The van der Waals surface area contributed by atoms with Crippen molar-refractivity contribution < 1.29 is 19.3 Å². The van der Waals surface area contributed by atoms with Gasteiger partial charge in [-0.05, 0) is 67.5 Å². The third-order valence-electron chi connectivity index (χ3n) is 2.25. The largest absolute Gasteiger partial charge is 0.493 e. The molecule has 0 aliphatic carbocycles. The molecule has 0 heterocycles. The van der Waals surface area contributed by atoms with E-state index in [1.807, 2.05) is 39.0 Å². The topological polar surface area (TPSA) is 44.8 Å². The molecule has 0 aliphatic rings. The standard InChI is InChI=1S/C14H19IO4/c1-4-17-13-7-5-11(9-12(13)15)6-8-14(16)19-18-10(2)3/h5,7,9-10H,4,6,8H2,1-3H3. The number of hydrogen-bond acceptors (Lipinski definition) is 4. The molecule has 5 heteroatoms. The maximum atomic E-state index is 11.4. The molecule has 106 valence electrons.